The summed E-state index contributed by atoms with van der Waals surface area (Å²) in [4.78, 5) is 19.1. The number of hydrogen-bond donors (Lipinski definition) is 0. The quantitative estimate of drug-likeness (QED) is 0.736. The Balaban J connectivity index is 1.79. The molecular weight excluding hydrogens is 383 g/mol. The third-order valence-corrected chi connectivity index (χ3v) is 5.30. The average Bonchev–Trinajstić information content (AvgIpc) is 3.19. The van der Waals surface area contributed by atoms with E-state index in [9.17, 15) is 9.18 Å². The highest BCUT2D eigenvalue weighted by molar-refractivity contribution is 8.13. The third-order valence-electron chi connectivity index (χ3n) is 4.22. The van der Waals surface area contributed by atoms with Crippen molar-refractivity contribution in [3.05, 3.63) is 53.3 Å². The second-order valence-corrected chi connectivity index (χ2v) is 6.90. The van der Waals surface area contributed by atoms with Gasteiger partial charge in [0.25, 0.3) is 5.91 Å². The number of carbonyl (C=O) groups excluding carboxylic acids is 1. The minimum absolute atomic E-state index is 0.206. The molecule has 1 aliphatic rings. The van der Waals surface area contributed by atoms with Crippen LogP contribution in [0.1, 0.15) is 15.9 Å². The van der Waals surface area contributed by atoms with E-state index < -0.39 is 0 Å². The van der Waals surface area contributed by atoms with E-state index >= 15 is 0 Å². The molecule has 0 fully saturated rings. The predicted molar refractivity (Wildman–Crippen MR) is 107 cm³/mol. The van der Waals surface area contributed by atoms with E-state index in [0.29, 0.717) is 46.8 Å². The number of nitrogens with zero attached hydrogens (tertiary/aromatic N) is 2. The van der Waals surface area contributed by atoms with Crippen LogP contribution in [0.15, 0.2) is 41.4 Å². The molecule has 6 nitrogen and oxygen atoms in total. The van der Waals surface area contributed by atoms with Gasteiger partial charge in [0.15, 0.2) is 16.7 Å². The standard InChI is InChI=1S/C20H21FN2O4S/c1-25-16-10-14(11-17(26-2)18(16)27-3)19(24)23-8-7-22-20(23)28-12-13-5-4-6-15(21)9-13/h4-6,9-11H,7-8,12H2,1-3H3. The van der Waals surface area contributed by atoms with Crippen LogP contribution in [0.2, 0.25) is 0 Å². The van der Waals surface area contributed by atoms with Crippen molar-refractivity contribution in [3.8, 4) is 17.2 Å². The zero-order chi connectivity index (χ0) is 20.1. The van der Waals surface area contributed by atoms with Crippen LogP contribution in [0.4, 0.5) is 4.39 Å². The first-order valence-corrected chi connectivity index (χ1v) is 9.59. The zero-order valence-electron chi connectivity index (χ0n) is 15.9. The van der Waals surface area contributed by atoms with Gasteiger partial charge in [-0.2, -0.15) is 0 Å². The number of hydrogen-bond acceptors (Lipinski definition) is 6. The lowest BCUT2D eigenvalue weighted by molar-refractivity contribution is 0.0860. The number of amidine groups is 1. The molecule has 1 heterocycles. The van der Waals surface area contributed by atoms with Crippen molar-refractivity contribution in [2.24, 2.45) is 4.99 Å². The number of carbonyl (C=O) groups is 1. The van der Waals surface area contributed by atoms with Crippen LogP contribution < -0.4 is 14.2 Å². The van der Waals surface area contributed by atoms with Crippen molar-refractivity contribution in [3.63, 3.8) is 0 Å². The van der Waals surface area contributed by atoms with E-state index in [1.807, 2.05) is 6.07 Å². The molecule has 0 unspecified atom stereocenters. The molecule has 2 aromatic carbocycles. The van der Waals surface area contributed by atoms with Gasteiger partial charge in [-0.05, 0) is 29.8 Å². The first-order chi connectivity index (χ1) is 13.6. The maximum Gasteiger partial charge on any atom is 0.260 e. The molecule has 2 aromatic rings. The Hall–Kier alpha value is -2.74. The Morgan fingerprint density at radius 1 is 1.14 bits per heavy atom. The molecule has 8 heteroatoms. The van der Waals surface area contributed by atoms with Gasteiger partial charge in [0.1, 0.15) is 5.82 Å². The molecule has 1 aliphatic heterocycles. The van der Waals surface area contributed by atoms with Gasteiger partial charge in [0, 0.05) is 17.9 Å². The van der Waals surface area contributed by atoms with Crippen LogP contribution in [0.5, 0.6) is 17.2 Å². The van der Waals surface area contributed by atoms with Gasteiger partial charge >= 0.3 is 0 Å². The largest absolute Gasteiger partial charge is 0.493 e. The molecule has 0 aromatic heterocycles. The summed E-state index contributed by atoms with van der Waals surface area (Å²) in [5, 5.41) is 0.614. The van der Waals surface area contributed by atoms with Gasteiger partial charge in [0.2, 0.25) is 5.75 Å². The molecule has 28 heavy (non-hydrogen) atoms. The highest BCUT2D eigenvalue weighted by Crippen LogP contribution is 2.38. The predicted octanol–water partition coefficient (Wildman–Crippen LogP) is 3.60. The minimum atomic E-state index is -0.281. The van der Waals surface area contributed by atoms with Crippen LogP contribution in [0.3, 0.4) is 0 Å². The van der Waals surface area contributed by atoms with E-state index in [1.165, 1.54) is 45.2 Å². The molecular formula is C20H21FN2O4S. The Labute approximate surface area is 167 Å². The molecule has 0 spiro atoms. The van der Waals surface area contributed by atoms with Crippen molar-refractivity contribution >= 4 is 22.8 Å². The number of benzene rings is 2. The Morgan fingerprint density at radius 2 is 1.86 bits per heavy atom. The van der Waals surface area contributed by atoms with Crippen molar-refractivity contribution in [2.75, 3.05) is 34.4 Å². The van der Waals surface area contributed by atoms with Crippen LogP contribution >= 0.6 is 11.8 Å². The first kappa shape index (κ1) is 20.0. The van der Waals surface area contributed by atoms with Crippen molar-refractivity contribution in [1.29, 1.82) is 0 Å². The minimum Gasteiger partial charge on any atom is -0.493 e. The van der Waals surface area contributed by atoms with E-state index in [4.69, 9.17) is 14.2 Å². The van der Waals surface area contributed by atoms with Crippen molar-refractivity contribution < 1.29 is 23.4 Å². The summed E-state index contributed by atoms with van der Waals surface area (Å²) in [7, 11) is 4.52. The lowest BCUT2D eigenvalue weighted by Gasteiger charge is -2.20. The third kappa shape index (κ3) is 4.22. The van der Waals surface area contributed by atoms with Gasteiger partial charge in [-0.15, -0.1) is 0 Å². The zero-order valence-corrected chi connectivity index (χ0v) is 16.7. The lowest BCUT2D eigenvalue weighted by Crippen LogP contribution is -2.32. The Kier molecular flexibility index (Phi) is 6.41. The van der Waals surface area contributed by atoms with Gasteiger partial charge in [-0.1, -0.05) is 23.9 Å². The van der Waals surface area contributed by atoms with Crippen molar-refractivity contribution in [2.45, 2.75) is 5.75 Å². The number of halogens is 1. The van der Waals surface area contributed by atoms with Crippen molar-refractivity contribution in [1.82, 2.24) is 4.90 Å². The van der Waals surface area contributed by atoms with E-state index in [-0.39, 0.29) is 11.7 Å². The number of ether oxygens (including phenoxy) is 3. The maximum absolute atomic E-state index is 13.4. The van der Waals surface area contributed by atoms with E-state index in [2.05, 4.69) is 4.99 Å². The Morgan fingerprint density at radius 3 is 2.46 bits per heavy atom. The molecule has 0 N–H and O–H groups in total. The number of amides is 1. The molecule has 1 amide bonds. The number of rotatable bonds is 6. The first-order valence-electron chi connectivity index (χ1n) is 8.61. The highest BCUT2D eigenvalue weighted by atomic mass is 32.2. The van der Waals surface area contributed by atoms with E-state index in [0.717, 1.165) is 5.56 Å². The van der Waals surface area contributed by atoms with Crippen LogP contribution in [0.25, 0.3) is 0 Å². The fourth-order valence-corrected chi connectivity index (χ4v) is 3.86. The molecule has 0 atom stereocenters. The Bertz CT molecular complexity index is 879. The molecule has 3 rings (SSSR count). The second kappa shape index (κ2) is 8.97. The van der Waals surface area contributed by atoms with Gasteiger partial charge < -0.3 is 14.2 Å². The monoisotopic (exact) mass is 404 g/mol. The SMILES string of the molecule is COc1cc(C(=O)N2CCN=C2SCc2cccc(F)c2)cc(OC)c1OC. The number of methoxy groups -OCH3 is 3. The van der Waals surface area contributed by atoms with Gasteiger partial charge in [-0.25, -0.2) is 4.39 Å². The summed E-state index contributed by atoms with van der Waals surface area (Å²) < 4.78 is 29.3. The normalized spacial score (nSPS) is 13.3. The molecule has 0 bridgehead atoms. The molecule has 148 valence electrons. The molecule has 0 aliphatic carbocycles. The van der Waals surface area contributed by atoms with Gasteiger partial charge in [0.05, 0.1) is 27.9 Å². The summed E-state index contributed by atoms with van der Waals surface area (Å²) >= 11 is 1.41. The topological polar surface area (TPSA) is 60.4 Å². The molecule has 0 radical (unpaired) electrons. The van der Waals surface area contributed by atoms with Crippen LogP contribution in [-0.4, -0.2) is 50.4 Å². The smallest absolute Gasteiger partial charge is 0.260 e. The lowest BCUT2D eigenvalue weighted by atomic mass is 10.1. The summed E-state index contributed by atoms with van der Waals surface area (Å²) in [6, 6.07) is 9.64. The average molecular weight is 404 g/mol. The summed E-state index contributed by atoms with van der Waals surface area (Å²) in [6.07, 6.45) is 0. The summed E-state index contributed by atoms with van der Waals surface area (Å²) in [6.45, 7) is 1.02. The fourth-order valence-electron chi connectivity index (χ4n) is 2.87. The fraction of sp³-hybridized carbons (Fsp3) is 0.300. The summed E-state index contributed by atoms with van der Waals surface area (Å²) in [5.41, 5.74) is 1.25. The molecule has 0 saturated heterocycles. The van der Waals surface area contributed by atoms with E-state index in [1.54, 1.807) is 23.1 Å². The number of aliphatic imine (C=N–C) groups is 1. The second-order valence-electron chi connectivity index (χ2n) is 5.95. The molecule has 0 saturated carbocycles. The maximum atomic E-state index is 13.4. The summed E-state index contributed by atoms with van der Waals surface area (Å²) in [5.74, 6) is 1.29. The van der Waals surface area contributed by atoms with Crippen LogP contribution in [-0.2, 0) is 5.75 Å². The highest BCUT2D eigenvalue weighted by Gasteiger charge is 2.27. The van der Waals surface area contributed by atoms with Crippen LogP contribution in [0, 0.1) is 5.82 Å². The van der Waals surface area contributed by atoms with Gasteiger partial charge in [-0.3, -0.25) is 14.7 Å². The number of thioether (sulfide) groups is 1.